The van der Waals surface area contributed by atoms with Gasteiger partial charge in [0.1, 0.15) is 0 Å². The maximum atomic E-state index is 10.8. The second kappa shape index (κ2) is 4.30. The molecular formula is C12H17BrN2O3. The van der Waals surface area contributed by atoms with Gasteiger partial charge in [0.25, 0.3) is 0 Å². The van der Waals surface area contributed by atoms with E-state index < -0.39 is 11.0 Å². The lowest BCUT2D eigenvalue weighted by Gasteiger charge is -2.45. The van der Waals surface area contributed by atoms with Gasteiger partial charge < -0.3 is 14.9 Å². The van der Waals surface area contributed by atoms with Gasteiger partial charge in [-0.1, -0.05) is 0 Å². The number of aliphatic hydroxyl groups is 2. The molecule has 0 bridgehead atoms. The minimum absolute atomic E-state index is 0.0149. The van der Waals surface area contributed by atoms with Gasteiger partial charge in [0.05, 0.1) is 42.1 Å². The van der Waals surface area contributed by atoms with Crippen molar-refractivity contribution in [3.05, 3.63) is 16.9 Å². The van der Waals surface area contributed by atoms with Crippen molar-refractivity contribution in [3.8, 4) is 0 Å². The minimum Gasteiger partial charge on any atom is -0.396 e. The summed E-state index contributed by atoms with van der Waals surface area (Å²) in [5.41, 5.74) is -1.41. The average molecular weight is 317 g/mol. The molecule has 2 aliphatic rings. The van der Waals surface area contributed by atoms with Gasteiger partial charge in [0, 0.05) is 18.0 Å². The van der Waals surface area contributed by atoms with Crippen molar-refractivity contribution in [2.45, 2.75) is 30.9 Å². The monoisotopic (exact) mass is 316 g/mol. The number of nitrogens with zero attached hydrogens (tertiary/aromatic N) is 2. The topological polar surface area (TPSA) is 67.5 Å². The van der Waals surface area contributed by atoms with Gasteiger partial charge >= 0.3 is 0 Å². The summed E-state index contributed by atoms with van der Waals surface area (Å²) in [6.45, 7) is 0.751. The summed E-state index contributed by atoms with van der Waals surface area (Å²) < 4.78 is 8.26. The molecule has 0 aromatic carbocycles. The molecule has 6 heteroatoms. The zero-order valence-corrected chi connectivity index (χ0v) is 11.6. The van der Waals surface area contributed by atoms with Crippen molar-refractivity contribution in [2.75, 3.05) is 19.8 Å². The average Bonchev–Trinajstić information content (AvgIpc) is 2.91. The lowest BCUT2D eigenvalue weighted by molar-refractivity contribution is -0.114. The van der Waals surface area contributed by atoms with Gasteiger partial charge in [0.2, 0.25) is 0 Å². The zero-order chi connectivity index (χ0) is 12.8. The molecule has 1 aliphatic heterocycles. The van der Waals surface area contributed by atoms with Crippen molar-refractivity contribution in [3.63, 3.8) is 0 Å². The molecule has 2 heterocycles. The molecule has 18 heavy (non-hydrogen) atoms. The molecule has 1 unspecified atom stereocenters. The summed E-state index contributed by atoms with van der Waals surface area (Å²) in [6, 6.07) is 0.169. The fraction of sp³-hybridized carbons (Fsp3) is 0.750. The van der Waals surface area contributed by atoms with E-state index in [-0.39, 0.29) is 12.6 Å². The molecule has 1 saturated carbocycles. The van der Waals surface area contributed by atoms with Gasteiger partial charge in [-0.2, -0.15) is 5.10 Å². The van der Waals surface area contributed by atoms with E-state index in [9.17, 15) is 10.2 Å². The number of hydrogen-bond acceptors (Lipinski definition) is 4. The van der Waals surface area contributed by atoms with Crippen LogP contribution in [0.1, 0.15) is 25.3 Å². The zero-order valence-electron chi connectivity index (χ0n) is 10.0. The van der Waals surface area contributed by atoms with Crippen LogP contribution in [0.3, 0.4) is 0 Å². The van der Waals surface area contributed by atoms with Gasteiger partial charge in [-0.3, -0.25) is 4.68 Å². The van der Waals surface area contributed by atoms with Crippen molar-refractivity contribution in [1.29, 1.82) is 0 Å². The van der Waals surface area contributed by atoms with E-state index in [1.54, 1.807) is 6.20 Å². The Morgan fingerprint density at radius 3 is 3.06 bits per heavy atom. The molecule has 3 rings (SSSR count). The first-order chi connectivity index (χ1) is 8.59. The maximum Gasteiger partial charge on any atom is 0.1000 e. The van der Waals surface area contributed by atoms with E-state index in [0.717, 1.165) is 17.3 Å². The number of ether oxygens (including phenoxy) is 1. The Bertz CT molecular complexity index is 452. The predicted octanol–water partition coefficient (Wildman–Crippen LogP) is 1.11. The van der Waals surface area contributed by atoms with E-state index in [1.807, 2.05) is 10.9 Å². The number of rotatable bonds is 2. The Labute approximate surface area is 114 Å². The first kappa shape index (κ1) is 12.6. The highest BCUT2D eigenvalue weighted by atomic mass is 79.9. The molecule has 1 aliphatic carbocycles. The van der Waals surface area contributed by atoms with Gasteiger partial charge in [-0.05, 0) is 28.8 Å². The van der Waals surface area contributed by atoms with Crippen LogP contribution >= 0.6 is 15.9 Å². The third-order valence-corrected chi connectivity index (χ3v) is 4.89. The first-order valence-electron chi connectivity index (χ1n) is 6.19. The Kier molecular flexibility index (Phi) is 3.01. The van der Waals surface area contributed by atoms with Gasteiger partial charge in [-0.15, -0.1) is 0 Å². The largest absolute Gasteiger partial charge is 0.396 e. The summed E-state index contributed by atoms with van der Waals surface area (Å²) >= 11 is 3.38. The molecule has 1 aromatic heterocycles. The molecule has 2 N–H and O–H groups in total. The Hall–Kier alpha value is -0.430. The Balaban J connectivity index is 1.85. The maximum absolute atomic E-state index is 10.8. The fourth-order valence-electron chi connectivity index (χ4n) is 3.23. The van der Waals surface area contributed by atoms with E-state index in [0.29, 0.717) is 19.6 Å². The summed E-state index contributed by atoms with van der Waals surface area (Å²) in [7, 11) is 0. The fourth-order valence-corrected chi connectivity index (χ4v) is 3.53. The molecule has 1 saturated heterocycles. The first-order valence-corrected chi connectivity index (χ1v) is 6.99. The number of hydrogen-bond donors (Lipinski definition) is 2. The minimum atomic E-state index is -0.927. The lowest BCUT2D eigenvalue weighted by atomic mass is 9.64. The van der Waals surface area contributed by atoms with E-state index >= 15 is 0 Å². The van der Waals surface area contributed by atoms with E-state index in [1.165, 1.54) is 0 Å². The standard InChI is InChI=1S/C12H17BrN2O3/c13-9-4-14-15(5-9)10-1-2-11(6-16)7-18-8-12(11,17)3-10/h4-5,10,16-17H,1-3,6-8H2/t10?,11-,12+/m0/s1. The SMILES string of the molecule is OC[C@]12CCC(n3cc(Br)cn3)C[C@@]1(O)COC2. The highest BCUT2D eigenvalue weighted by molar-refractivity contribution is 9.10. The van der Waals surface area contributed by atoms with Crippen LogP contribution in [0.5, 0.6) is 0 Å². The van der Waals surface area contributed by atoms with E-state index in [2.05, 4.69) is 21.0 Å². The van der Waals surface area contributed by atoms with Crippen molar-refractivity contribution >= 4 is 15.9 Å². The quantitative estimate of drug-likeness (QED) is 0.857. The van der Waals surface area contributed by atoms with Gasteiger partial charge in [0.15, 0.2) is 0 Å². The molecule has 0 spiro atoms. The third kappa shape index (κ3) is 1.74. The Morgan fingerprint density at radius 2 is 2.39 bits per heavy atom. The van der Waals surface area contributed by atoms with Gasteiger partial charge in [-0.25, -0.2) is 0 Å². The second-order valence-corrected chi connectivity index (χ2v) is 6.41. The molecule has 100 valence electrons. The number of halogens is 1. The lowest BCUT2D eigenvalue weighted by Crippen LogP contribution is -2.54. The summed E-state index contributed by atoms with van der Waals surface area (Å²) in [4.78, 5) is 0. The second-order valence-electron chi connectivity index (χ2n) is 5.50. The van der Waals surface area contributed by atoms with Crippen LogP contribution in [0, 0.1) is 5.41 Å². The van der Waals surface area contributed by atoms with Crippen LogP contribution in [0.25, 0.3) is 0 Å². The van der Waals surface area contributed by atoms with Crippen LogP contribution in [-0.4, -0.2) is 45.4 Å². The molecule has 1 aromatic rings. The van der Waals surface area contributed by atoms with Crippen LogP contribution in [0.2, 0.25) is 0 Å². The summed E-state index contributed by atoms with van der Waals surface area (Å²) in [5, 5.41) is 24.7. The number of aromatic nitrogens is 2. The van der Waals surface area contributed by atoms with Crippen LogP contribution in [-0.2, 0) is 4.74 Å². The Morgan fingerprint density at radius 1 is 1.56 bits per heavy atom. The molecule has 3 atom stereocenters. The highest BCUT2D eigenvalue weighted by Crippen LogP contribution is 2.51. The molecule has 2 fully saturated rings. The normalized spacial score (nSPS) is 39.8. The highest BCUT2D eigenvalue weighted by Gasteiger charge is 2.58. The van der Waals surface area contributed by atoms with Crippen LogP contribution < -0.4 is 0 Å². The van der Waals surface area contributed by atoms with E-state index in [4.69, 9.17) is 4.74 Å². The molecule has 0 radical (unpaired) electrons. The summed E-state index contributed by atoms with van der Waals surface area (Å²) in [5.74, 6) is 0. The predicted molar refractivity (Wildman–Crippen MR) is 68.1 cm³/mol. The number of aliphatic hydroxyl groups excluding tert-OH is 1. The van der Waals surface area contributed by atoms with Crippen LogP contribution in [0.4, 0.5) is 0 Å². The van der Waals surface area contributed by atoms with Crippen molar-refractivity contribution < 1.29 is 14.9 Å². The van der Waals surface area contributed by atoms with Crippen molar-refractivity contribution in [1.82, 2.24) is 9.78 Å². The molecular weight excluding hydrogens is 300 g/mol. The number of fused-ring (bicyclic) bond motifs is 1. The third-order valence-electron chi connectivity index (χ3n) is 4.48. The van der Waals surface area contributed by atoms with Crippen molar-refractivity contribution in [2.24, 2.45) is 5.41 Å². The molecule has 5 nitrogen and oxygen atoms in total. The van der Waals surface area contributed by atoms with Crippen LogP contribution in [0.15, 0.2) is 16.9 Å². The smallest absolute Gasteiger partial charge is 0.1000 e. The molecule has 0 amide bonds. The summed E-state index contributed by atoms with van der Waals surface area (Å²) in [6.07, 6.45) is 5.93.